The number of ether oxygens (including phenoxy) is 1. The first-order chi connectivity index (χ1) is 14.3. The van der Waals surface area contributed by atoms with Gasteiger partial charge in [0.15, 0.2) is 5.96 Å². The summed E-state index contributed by atoms with van der Waals surface area (Å²) in [5.74, 6) is 2.85. The van der Waals surface area contributed by atoms with Crippen molar-refractivity contribution < 1.29 is 9.15 Å². The Balaban J connectivity index is 1.39. The summed E-state index contributed by atoms with van der Waals surface area (Å²) in [6.07, 6.45) is 8.29. The lowest BCUT2D eigenvalue weighted by Crippen LogP contribution is -2.43. The summed E-state index contributed by atoms with van der Waals surface area (Å²) in [5, 5.41) is 3.56. The molecule has 1 saturated heterocycles. The molecule has 29 heavy (non-hydrogen) atoms. The van der Waals surface area contributed by atoms with Crippen LogP contribution in [-0.2, 0) is 13.0 Å². The number of nitrogens with zero attached hydrogens (tertiary/aromatic N) is 3. The van der Waals surface area contributed by atoms with Crippen LogP contribution in [0.25, 0.3) is 0 Å². The Morgan fingerprint density at radius 3 is 2.76 bits per heavy atom. The number of nitrogens with one attached hydrogen (secondary N) is 1. The highest BCUT2D eigenvalue weighted by Crippen LogP contribution is 2.18. The van der Waals surface area contributed by atoms with E-state index in [9.17, 15) is 0 Å². The van der Waals surface area contributed by atoms with Gasteiger partial charge in [-0.15, -0.1) is 0 Å². The van der Waals surface area contributed by atoms with Crippen molar-refractivity contribution in [3.63, 3.8) is 0 Å². The van der Waals surface area contributed by atoms with E-state index in [-0.39, 0.29) is 0 Å². The minimum absolute atomic E-state index is 0.600. The third-order valence-electron chi connectivity index (χ3n) is 5.63. The monoisotopic (exact) mass is 394 g/mol. The number of aliphatic imine (C=N–C) groups is 1. The number of rotatable bonds is 7. The Bertz CT molecular complexity index is 806. The van der Waals surface area contributed by atoms with Crippen molar-refractivity contribution in [2.45, 2.75) is 25.4 Å². The van der Waals surface area contributed by atoms with Gasteiger partial charge < -0.3 is 19.4 Å². The lowest BCUT2D eigenvalue weighted by atomic mass is 10.2. The highest BCUT2D eigenvalue weighted by atomic mass is 16.5. The first-order valence-electron chi connectivity index (χ1n) is 10.4. The second kappa shape index (κ2) is 9.65. The largest absolute Gasteiger partial charge is 0.497 e. The second-order valence-corrected chi connectivity index (χ2v) is 7.56. The Labute approximate surface area is 172 Å². The highest BCUT2D eigenvalue weighted by Gasteiger charge is 2.29. The van der Waals surface area contributed by atoms with Gasteiger partial charge in [-0.2, -0.15) is 0 Å². The van der Waals surface area contributed by atoms with Crippen LogP contribution in [0.2, 0.25) is 0 Å². The fraction of sp³-hybridized carbons (Fsp3) is 0.435. The number of benzene rings is 1. The summed E-state index contributed by atoms with van der Waals surface area (Å²) in [6, 6.07) is 12.7. The average molecular weight is 395 g/mol. The van der Waals surface area contributed by atoms with Crippen molar-refractivity contribution in [1.29, 1.82) is 0 Å². The van der Waals surface area contributed by atoms with Gasteiger partial charge in [-0.25, -0.2) is 4.99 Å². The fourth-order valence-corrected chi connectivity index (χ4v) is 3.94. The predicted molar refractivity (Wildman–Crippen MR) is 115 cm³/mol. The standard InChI is InChI=1S/C23H30N4O2/c1-28-21-8-6-19(7-9-21)17-25-23(24-12-10-22-5-4-16-29-22)27-15-11-20(18-27)26-13-2-3-14-26/h2-9,16,20H,10-15,17-18H2,1H3,(H,24,25). The maximum Gasteiger partial charge on any atom is 0.194 e. The summed E-state index contributed by atoms with van der Waals surface area (Å²) in [5.41, 5.74) is 1.18. The SMILES string of the molecule is COc1ccc(CN=C(NCCc2ccco2)N2CCC(N3CC=CC3)C2)cc1. The first kappa shape index (κ1) is 19.6. The number of likely N-dealkylation sites (tertiary alicyclic amines) is 1. The van der Waals surface area contributed by atoms with Crippen LogP contribution in [0.5, 0.6) is 5.75 Å². The third kappa shape index (κ3) is 5.21. The summed E-state index contributed by atoms with van der Waals surface area (Å²) >= 11 is 0. The van der Waals surface area contributed by atoms with Gasteiger partial charge in [0, 0.05) is 45.2 Å². The lowest BCUT2D eigenvalue weighted by Gasteiger charge is -2.25. The van der Waals surface area contributed by atoms with Crippen LogP contribution in [0.1, 0.15) is 17.7 Å². The fourth-order valence-electron chi connectivity index (χ4n) is 3.94. The minimum atomic E-state index is 0.600. The quantitative estimate of drug-likeness (QED) is 0.445. The maximum atomic E-state index is 5.46. The molecule has 0 spiro atoms. The van der Waals surface area contributed by atoms with Crippen molar-refractivity contribution in [2.24, 2.45) is 4.99 Å². The molecule has 0 saturated carbocycles. The molecule has 4 rings (SSSR count). The van der Waals surface area contributed by atoms with Gasteiger partial charge in [0.1, 0.15) is 11.5 Å². The molecule has 2 aliphatic heterocycles. The Kier molecular flexibility index (Phi) is 6.52. The number of methoxy groups -OCH3 is 1. The number of hydrogen-bond donors (Lipinski definition) is 1. The Morgan fingerprint density at radius 2 is 2.03 bits per heavy atom. The molecule has 1 aromatic carbocycles. The molecule has 6 nitrogen and oxygen atoms in total. The molecule has 0 amide bonds. The van der Waals surface area contributed by atoms with E-state index < -0.39 is 0 Å². The summed E-state index contributed by atoms with van der Waals surface area (Å²) in [7, 11) is 1.69. The molecule has 1 atom stereocenters. The van der Waals surface area contributed by atoms with Crippen LogP contribution in [0.4, 0.5) is 0 Å². The molecule has 1 unspecified atom stereocenters. The number of furan rings is 1. The molecule has 1 aromatic heterocycles. The van der Waals surface area contributed by atoms with E-state index in [1.807, 2.05) is 24.3 Å². The van der Waals surface area contributed by atoms with E-state index in [0.717, 1.165) is 56.6 Å². The average Bonchev–Trinajstić information content (AvgIpc) is 3.53. The normalized spacial score (nSPS) is 19.8. The van der Waals surface area contributed by atoms with Gasteiger partial charge >= 0.3 is 0 Å². The molecule has 0 aliphatic carbocycles. The van der Waals surface area contributed by atoms with Crippen LogP contribution in [0, 0.1) is 0 Å². The van der Waals surface area contributed by atoms with Crippen LogP contribution in [-0.4, -0.2) is 61.6 Å². The molecular weight excluding hydrogens is 364 g/mol. The molecule has 2 aromatic rings. The Hall–Kier alpha value is -2.73. The third-order valence-corrected chi connectivity index (χ3v) is 5.63. The van der Waals surface area contributed by atoms with E-state index in [0.29, 0.717) is 12.6 Å². The topological polar surface area (TPSA) is 53.2 Å². The van der Waals surface area contributed by atoms with Crippen molar-refractivity contribution in [3.05, 3.63) is 66.1 Å². The number of guanidine groups is 1. The smallest absolute Gasteiger partial charge is 0.194 e. The molecule has 2 aliphatic rings. The summed E-state index contributed by atoms with van der Waals surface area (Å²) in [4.78, 5) is 9.88. The zero-order valence-electron chi connectivity index (χ0n) is 17.1. The van der Waals surface area contributed by atoms with Crippen LogP contribution in [0.3, 0.4) is 0 Å². The zero-order chi connectivity index (χ0) is 19.9. The summed E-state index contributed by atoms with van der Waals surface area (Å²) in [6.45, 7) is 5.67. The van der Waals surface area contributed by atoms with Crippen molar-refractivity contribution >= 4 is 5.96 Å². The van der Waals surface area contributed by atoms with E-state index in [4.69, 9.17) is 14.1 Å². The molecule has 3 heterocycles. The predicted octanol–water partition coefficient (Wildman–Crippen LogP) is 2.92. The van der Waals surface area contributed by atoms with E-state index in [1.54, 1.807) is 13.4 Å². The van der Waals surface area contributed by atoms with Gasteiger partial charge in [-0.3, -0.25) is 4.90 Å². The van der Waals surface area contributed by atoms with Crippen LogP contribution >= 0.6 is 0 Å². The molecule has 1 N–H and O–H groups in total. The molecule has 0 radical (unpaired) electrons. The van der Waals surface area contributed by atoms with Crippen LogP contribution in [0.15, 0.2) is 64.2 Å². The van der Waals surface area contributed by atoms with Crippen molar-refractivity contribution in [2.75, 3.05) is 39.8 Å². The molecule has 6 heteroatoms. The summed E-state index contributed by atoms with van der Waals surface area (Å²) < 4.78 is 10.7. The molecular formula is C23H30N4O2. The second-order valence-electron chi connectivity index (χ2n) is 7.56. The van der Waals surface area contributed by atoms with E-state index >= 15 is 0 Å². The Morgan fingerprint density at radius 1 is 1.21 bits per heavy atom. The molecule has 154 valence electrons. The molecule has 0 bridgehead atoms. The van der Waals surface area contributed by atoms with E-state index in [1.165, 1.54) is 12.0 Å². The van der Waals surface area contributed by atoms with Crippen LogP contribution < -0.4 is 10.1 Å². The molecule has 1 fully saturated rings. The van der Waals surface area contributed by atoms with Crippen molar-refractivity contribution in [3.8, 4) is 5.75 Å². The minimum Gasteiger partial charge on any atom is -0.497 e. The van der Waals surface area contributed by atoms with E-state index in [2.05, 4.69) is 39.4 Å². The van der Waals surface area contributed by atoms with Gasteiger partial charge in [0.2, 0.25) is 0 Å². The number of hydrogen-bond acceptors (Lipinski definition) is 4. The zero-order valence-corrected chi connectivity index (χ0v) is 17.1. The van der Waals surface area contributed by atoms with Gasteiger partial charge in [-0.1, -0.05) is 24.3 Å². The highest BCUT2D eigenvalue weighted by molar-refractivity contribution is 5.80. The van der Waals surface area contributed by atoms with Gasteiger partial charge in [-0.05, 0) is 36.2 Å². The first-order valence-corrected chi connectivity index (χ1v) is 10.4. The van der Waals surface area contributed by atoms with Gasteiger partial charge in [0.05, 0.1) is 19.9 Å². The lowest BCUT2D eigenvalue weighted by molar-refractivity contribution is 0.259. The van der Waals surface area contributed by atoms with Crippen molar-refractivity contribution in [1.82, 2.24) is 15.1 Å². The van der Waals surface area contributed by atoms with Gasteiger partial charge in [0.25, 0.3) is 0 Å². The maximum absolute atomic E-state index is 5.46.